The number of nitrogens with one attached hydrogen (secondary N) is 1. The van der Waals surface area contributed by atoms with Crippen LogP contribution in [-0.4, -0.2) is 28.4 Å². The molecule has 2 aromatic rings. The van der Waals surface area contributed by atoms with Crippen molar-refractivity contribution in [1.29, 1.82) is 0 Å². The lowest BCUT2D eigenvalue weighted by Gasteiger charge is -2.08. The molecule has 1 aromatic heterocycles. The minimum absolute atomic E-state index is 0.0415. The number of nitro benzene ring substituents is 1. The second-order valence-electron chi connectivity index (χ2n) is 3.84. The first-order chi connectivity index (χ1) is 9.20. The Morgan fingerprint density at radius 2 is 2.37 bits per heavy atom. The molecule has 1 aromatic carbocycles. The van der Waals surface area contributed by atoms with Crippen molar-refractivity contribution in [3.8, 4) is 5.75 Å². The number of rotatable bonds is 6. The third-order valence-electron chi connectivity index (χ3n) is 2.61. The van der Waals surface area contributed by atoms with Gasteiger partial charge in [-0.1, -0.05) is 0 Å². The Kier molecular flexibility index (Phi) is 3.97. The van der Waals surface area contributed by atoms with Crippen LogP contribution in [0.5, 0.6) is 5.75 Å². The predicted octanol–water partition coefficient (Wildman–Crippen LogP) is 1.91. The second-order valence-corrected chi connectivity index (χ2v) is 3.84. The van der Waals surface area contributed by atoms with Crippen LogP contribution in [0.2, 0.25) is 0 Å². The minimum Gasteiger partial charge on any atom is -0.490 e. The van der Waals surface area contributed by atoms with Gasteiger partial charge in [0.2, 0.25) is 0 Å². The van der Waals surface area contributed by atoms with E-state index in [4.69, 9.17) is 4.74 Å². The molecule has 0 saturated carbocycles. The number of nitro groups is 1. The number of nitrogens with zero attached hydrogens (tertiary/aromatic N) is 3. The maximum atomic E-state index is 10.8. The van der Waals surface area contributed by atoms with Crippen LogP contribution in [0.3, 0.4) is 0 Å². The van der Waals surface area contributed by atoms with Gasteiger partial charge in [-0.05, 0) is 12.1 Å². The Balaban J connectivity index is 1.99. The van der Waals surface area contributed by atoms with E-state index in [9.17, 15) is 10.1 Å². The van der Waals surface area contributed by atoms with Gasteiger partial charge >= 0.3 is 5.69 Å². The summed E-state index contributed by atoms with van der Waals surface area (Å²) in [5, 5.41) is 18.0. The van der Waals surface area contributed by atoms with Crippen molar-refractivity contribution in [2.75, 3.05) is 19.0 Å². The SMILES string of the molecule is COc1cc(NCCn2cccn2)ccc1[N+](=O)[O-]. The summed E-state index contributed by atoms with van der Waals surface area (Å²) in [6.45, 7) is 1.38. The summed E-state index contributed by atoms with van der Waals surface area (Å²) in [6, 6.07) is 6.55. The molecule has 1 N–H and O–H groups in total. The first-order valence-electron chi connectivity index (χ1n) is 5.74. The van der Waals surface area contributed by atoms with Crippen LogP contribution in [0.15, 0.2) is 36.7 Å². The van der Waals surface area contributed by atoms with Crippen LogP contribution in [-0.2, 0) is 6.54 Å². The van der Waals surface area contributed by atoms with E-state index in [-0.39, 0.29) is 11.4 Å². The van der Waals surface area contributed by atoms with E-state index in [1.165, 1.54) is 13.2 Å². The molecule has 2 rings (SSSR count). The van der Waals surface area contributed by atoms with E-state index < -0.39 is 4.92 Å². The summed E-state index contributed by atoms with van der Waals surface area (Å²) < 4.78 is 6.80. The Hall–Kier alpha value is -2.57. The lowest BCUT2D eigenvalue weighted by molar-refractivity contribution is -0.385. The van der Waals surface area contributed by atoms with E-state index in [1.807, 2.05) is 12.3 Å². The Bertz CT molecular complexity index is 554. The van der Waals surface area contributed by atoms with Crippen LogP contribution in [0, 0.1) is 10.1 Å². The number of methoxy groups -OCH3 is 1. The highest BCUT2D eigenvalue weighted by Gasteiger charge is 2.14. The molecule has 7 nitrogen and oxygen atoms in total. The largest absolute Gasteiger partial charge is 0.490 e. The summed E-state index contributed by atoms with van der Waals surface area (Å²) in [5.74, 6) is 0.245. The molecule has 7 heteroatoms. The van der Waals surface area contributed by atoms with Crippen molar-refractivity contribution >= 4 is 11.4 Å². The van der Waals surface area contributed by atoms with E-state index >= 15 is 0 Å². The van der Waals surface area contributed by atoms with Gasteiger partial charge in [0.05, 0.1) is 18.6 Å². The Labute approximate surface area is 110 Å². The highest BCUT2D eigenvalue weighted by Crippen LogP contribution is 2.29. The van der Waals surface area contributed by atoms with Crippen molar-refractivity contribution in [2.45, 2.75) is 6.54 Å². The number of hydrogen-bond acceptors (Lipinski definition) is 5. The molecule has 1 heterocycles. The number of ether oxygens (including phenoxy) is 1. The van der Waals surface area contributed by atoms with E-state index in [0.717, 1.165) is 5.69 Å². The van der Waals surface area contributed by atoms with Gasteiger partial charge < -0.3 is 10.1 Å². The van der Waals surface area contributed by atoms with Crippen molar-refractivity contribution < 1.29 is 9.66 Å². The molecule has 0 spiro atoms. The van der Waals surface area contributed by atoms with Crippen molar-refractivity contribution in [3.63, 3.8) is 0 Å². The van der Waals surface area contributed by atoms with Crippen LogP contribution >= 0.6 is 0 Å². The molecule has 19 heavy (non-hydrogen) atoms. The zero-order valence-electron chi connectivity index (χ0n) is 10.4. The quantitative estimate of drug-likeness (QED) is 0.635. The summed E-state index contributed by atoms with van der Waals surface area (Å²) in [6.07, 6.45) is 3.59. The first-order valence-corrected chi connectivity index (χ1v) is 5.74. The highest BCUT2D eigenvalue weighted by atomic mass is 16.6. The monoisotopic (exact) mass is 262 g/mol. The zero-order chi connectivity index (χ0) is 13.7. The lowest BCUT2D eigenvalue weighted by atomic mass is 10.2. The van der Waals surface area contributed by atoms with Crippen LogP contribution in [0.1, 0.15) is 0 Å². The van der Waals surface area contributed by atoms with Gasteiger partial charge in [-0.2, -0.15) is 5.10 Å². The van der Waals surface area contributed by atoms with Gasteiger partial charge in [0, 0.05) is 36.8 Å². The van der Waals surface area contributed by atoms with Crippen LogP contribution in [0.25, 0.3) is 0 Å². The van der Waals surface area contributed by atoms with Crippen molar-refractivity contribution in [1.82, 2.24) is 9.78 Å². The maximum Gasteiger partial charge on any atom is 0.311 e. The van der Waals surface area contributed by atoms with E-state index in [0.29, 0.717) is 13.1 Å². The Morgan fingerprint density at radius 3 is 3.00 bits per heavy atom. The average Bonchev–Trinajstić information content (AvgIpc) is 2.91. The van der Waals surface area contributed by atoms with Crippen LogP contribution < -0.4 is 10.1 Å². The molecule has 0 fully saturated rings. The smallest absolute Gasteiger partial charge is 0.311 e. The third-order valence-corrected chi connectivity index (χ3v) is 2.61. The number of benzene rings is 1. The number of aromatic nitrogens is 2. The number of hydrogen-bond donors (Lipinski definition) is 1. The molecule has 0 amide bonds. The molecule has 0 aliphatic carbocycles. The average molecular weight is 262 g/mol. The van der Waals surface area contributed by atoms with Gasteiger partial charge in [0.1, 0.15) is 0 Å². The Morgan fingerprint density at radius 1 is 1.53 bits per heavy atom. The summed E-state index contributed by atoms with van der Waals surface area (Å²) in [7, 11) is 1.41. The number of anilines is 1. The molecule has 0 bridgehead atoms. The molecule has 0 aliphatic rings. The van der Waals surface area contributed by atoms with E-state index in [1.54, 1.807) is 23.0 Å². The minimum atomic E-state index is -0.466. The van der Waals surface area contributed by atoms with Gasteiger partial charge in [0.25, 0.3) is 0 Å². The predicted molar refractivity (Wildman–Crippen MR) is 70.4 cm³/mol. The van der Waals surface area contributed by atoms with Gasteiger partial charge in [0.15, 0.2) is 5.75 Å². The molecule has 0 aliphatic heterocycles. The molecule has 0 saturated heterocycles. The maximum absolute atomic E-state index is 10.8. The standard InChI is InChI=1S/C12H14N4O3/c1-19-12-9-10(3-4-11(12)16(17)18)13-6-8-15-7-2-5-14-15/h2-5,7,9,13H,6,8H2,1H3. The summed E-state index contributed by atoms with van der Waals surface area (Å²) in [5.41, 5.74) is 0.731. The summed E-state index contributed by atoms with van der Waals surface area (Å²) >= 11 is 0. The molecular weight excluding hydrogens is 248 g/mol. The zero-order valence-corrected chi connectivity index (χ0v) is 10.4. The fraction of sp³-hybridized carbons (Fsp3) is 0.250. The third kappa shape index (κ3) is 3.21. The first kappa shape index (κ1) is 12.9. The lowest BCUT2D eigenvalue weighted by Crippen LogP contribution is -2.10. The molecule has 0 radical (unpaired) electrons. The fourth-order valence-electron chi connectivity index (χ4n) is 1.69. The topological polar surface area (TPSA) is 82.2 Å². The van der Waals surface area contributed by atoms with Gasteiger partial charge in [-0.25, -0.2) is 0 Å². The fourth-order valence-corrected chi connectivity index (χ4v) is 1.69. The molecule has 0 atom stereocenters. The molecule has 100 valence electrons. The normalized spacial score (nSPS) is 10.2. The van der Waals surface area contributed by atoms with Crippen molar-refractivity contribution in [3.05, 3.63) is 46.8 Å². The van der Waals surface area contributed by atoms with Crippen molar-refractivity contribution in [2.24, 2.45) is 0 Å². The second kappa shape index (κ2) is 5.85. The van der Waals surface area contributed by atoms with E-state index in [2.05, 4.69) is 10.4 Å². The van der Waals surface area contributed by atoms with Gasteiger partial charge in [-0.15, -0.1) is 0 Å². The summed E-state index contributed by atoms with van der Waals surface area (Å²) in [4.78, 5) is 10.3. The molecule has 0 unspecified atom stereocenters. The van der Waals surface area contributed by atoms with Crippen LogP contribution in [0.4, 0.5) is 11.4 Å². The van der Waals surface area contributed by atoms with Gasteiger partial charge in [-0.3, -0.25) is 14.8 Å². The molecular formula is C12H14N4O3. The highest BCUT2D eigenvalue weighted by molar-refractivity contribution is 5.57.